The molecule has 0 unspecified atom stereocenters. The van der Waals surface area contributed by atoms with Gasteiger partial charge in [-0.1, -0.05) is 0 Å². The first-order valence-electron chi connectivity index (χ1n) is 6.19. The van der Waals surface area contributed by atoms with Crippen LogP contribution in [-0.2, 0) is 11.3 Å². The van der Waals surface area contributed by atoms with Gasteiger partial charge in [-0.05, 0) is 25.8 Å². The summed E-state index contributed by atoms with van der Waals surface area (Å²) in [7, 11) is 0. The summed E-state index contributed by atoms with van der Waals surface area (Å²) in [6.07, 6.45) is 8.78. The zero-order valence-corrected chi connectivity index (χ0v) is 10.8. The monoisotopic (exact) mass is 257 g/mol. The van der Waals surface area contributed by atoms with Crippen LogP contribution in [0.1, 0.15) is 19.3 Å². The van der Waals surface area contributed by atoms with Crippen molar-refractivity contribution in [3.63, 3.8) is 0 Å². The van der Waals surface area contributed by atoms with Gasteiger partial charge in [-0.2, -0.15) is 0 Å². The molecule has 96 valence electrons. The van der Waals surface area contributed by atoms with E-state index in [0.29, 0.717) is 5.88 Å². The van der Waals surface area contributed by atoms with Gasteiger partial charge in [-0.3, -0.25) is 0 Å². The Balaban J connectivity index is 1.69. The number of hydrogen-bond donors (Lipinski definition) is 1. The highest BCUT2D eigenvalue weighted by atomic mass is 35.5. The van der Waals surface area contributed by atoms with Gasteiger partial charge in [0, 0.05) is 43.6 Å². The maximum atomic E-state index is 6.08. The van der Waals surface area contributed by atoms with Crippen LogP contribution >= 0.6 is 11.6 Å². The molecule has 1 aliphatic heterocycles. The molecule has 2 heterocycles. The lowest BCUT2D eigenvalue weighted by molar-refractivity contribution is 0.0465. The second-order valence-electron chi connectivity index (χ2n) is 4.61. The summed E-state index contributed by atoms with van der Waals surface area (Å²) >= 11 is 6.08. The van der Waals surface area contributed by atoms with Crippen molar-refractivity contribution in [3.05, 3.63) is 18.7 Å². The van der Waals surface area contributed by atoms with E-state index in [2.05, 4.69) is 14.9 Å². The van der Waals surface area contributed by atoms with Gasteiger partial charge in [-0.25, -0.2) is 4.98 Å². The molecule has 0 radical (unpaired) electrons. The molecular formula is C12H20ClN3O. The molecule has 0 aromatic carbocycles. The molecular weight excluding hydrogens is 238 g/mol. The van der Waals surface area contributed by atoms with Crippen LogP contribution in [0.25, 0.3) is 0 Å². The van der Waals surface area contributed by atoms with Crippen molar-refractivity contribution in [1.29, 1.82) is 0 Å². The van der Waals surface area contributed by atoms with E-state index in [0.717, 1.165) is 45.6 Å². The Morgan fingerprint density at radius 1 is 1.41 bits per heavy atom. The van der Waals surface area contributed by atoms with E-state index in [9.17, 15) is 0 Å². The van der Waals surface area contributed by atoms with E-state index in [-0.39, 0.29) is 5.54 Å². The topological polar surface area (TPSA) is 39.1 Å². The summed E-state index contributed by atoms with van der Waals surface area (Å²) < 4.78 is 7.48. The third-order valence-corrected chi connectivity index (χ3v) is 3.87. The number of hydrogen-bond acceptors (Lipinski definition) is 3. The predicted octanol–water partition coefficient (Wildman–Crippen LogP) is 1.65. The molecule has 0 amide bonds. The maximum absolute atomic E-state index is 6.08. The molecule has 1 saturated heterocycles. The van der Waals surface area contributed by atoms with Crippen molar-refractivity contribution < 1.29 is 4.74 Å². The van der Waals surface area contributed by atoms with Crippen molar-refractivity contribution in [2.75, 3.05) is 25.6 Å². The van der Waals surface area contributed by atoms with Crippen molar-refractivity contribution in [2.24, 2.45) is 0 Å². The van der Waals surface area contributed by atoms with Gasteiger partial charge in [-0.15, -0.1) is 11.6 Å². The number of nitrogens with zero attached hydrogens (tertiary/aromatic N) is 2. The van der Waals surface area contributed by atoms with Gasteiger partial charge in [0.15, 0.2) is 0 Å². The van der Waals surface area contributed by atoms with E-state index in [4.69, 9.17) is 16.3 Å². The summed E-state index contributed by atoms with van der Waals surface area (Å²) in [5, 5.41) is 3.60. The Morgan fingerprint density at radius 3 is 2.88 bits per heavy atom. The number of imidazole rings is 1. The highest BCUT2D eigenvalue weighted by Crippen LogP contribution is 2.22. The van der Waals surface area contributed by atoms with Gasteiger partial charge in [0.1, 0.15) is 0 Å². The fourth-order valence-electron chi connectivity index (χ4n) is 2.15. The Morgan fingerprint density at radius 2 is 2.24 bits per heavy atom. The van der Waals surface area contributed by atoms with Crippen LogP contribution < -0.4 is 5.32 Å². The molecule has 0 aliphatic carbocycles. The molecule has 0 saturated carbocycles. The van der Waals surface area contributed by atoms with Gasteiger partial charge in [0.05, 0.1) is 6.33 Å². The lowest BCUT2D eigenvalue weighted by Gasteiger charge is -2.36. The first kappa shape index (κ1) is 12.9. The highest BCUT2D eigenvalue weighted by molar-refractivity contribution is 6.18. The zero-order chi connectivity index (χ0) is 12.0. The Kier molecular flexibility index (Phi) is 4.83. The summed E-state index contributed by atoms with van der Waals surface area (Å²) in [5.74, 6) is 0.668. The van der Waals surface area contributed by atoms with Gasteiger partial charge < -0.3 is 14.6 Å². The van der Waals surface area contributed by atoms with Crippen molar-refractivity contribution in [1.82, 2.24) is 14.9 Å². The molecule has 0 atom stereocenters. The summed E-state index contributed by atoms with van der Waals surface area (Å²) in [4.78, 5) is 4.03. The molecule has 4 nitrogen and oxygen atoms in total. The van der Waals surface area contributed by atoms with Crippen LogP contribution in [0.4, 0.5) is 0 Å². The van der Waals surface area contributed by atoms with Crippen LogP contribution in [-0.4, -0.2) is 40.7 Å². The number of aromatic nitrogens is 2. The average molecular weight is 258 g/mol. The third-order valence-electron chi connectivity index (χ3n) is 3.36. The van der Waals surface area contributed by atoms with Crippen LogP contribution in [0.15, 0.2) is 18.7 Å². The van der Waals surface area contributed by atoms with Crippen molar-refractivity contribution in [3.8, 4) is 0 Å². The third kappa shape index (κ3) is 3.69. The number of aryl methyl sites for hydroxylation is 1. The van der Waals surface area contributed by atoms with E-state index in [1.807, 2.05) is 18.7 Å². The zero-order valence-electron chi connectivity index (χ0n) is 10.1. The van der Waals surface area contributed by atoms with Crippen LogP contribution in [0.3, 0.4) is 0 Å². The first-order chi connectivity index (χ1) is 8.35. The SMILES string of the molecule is ClCC1(NCCCn2ccnc2)CCOCC1. The molecule has 1 aromatic heterocycles. The summed E-state index contributed by atoms with van der Waals surface area (Å²) in [5.41, 5.74) is 0.0920. The van der Waals surface area contributed by atoms with E-state index >= 15 is 0 Å². The second-order valence-corrected chi connectivity index (χ2v) is 4.87. The molecule has 2 rings (SSSR count). The van der Waals surface area contributed by atoms with E-state index in [1.54, 1.807) is 0 Å². The number of rotatable bonds is 6. The van der Waals surface area contributed by atoms with Gasteiger partial charge in [0.2, 0.25) is 0 Å². The van der Waals surface area contributed by atoms with Crippen LogP contribution in [0.5, 0.6) is 0 Å². The predicted molar refractivity (Wildman–Crippen MR) is 68.4 cm³/mol. The van der Waals surface area contributed by atoms with Crippen LogP contribution in [0, 0.1) is 0 Å². The lowest BCUT2D eigenvalue weighted by Crippen LogP contribution is -2.51. The average Bonchev–Trinajstić information content (AvgIpc) is 2.89. The minimum Gasteiger partial charge on any atom is -0.381 e. The summed E-state index contributed by atoms with van der Waals surface area (Å²) in [6.45, 7) is 3.63. The number of alkyl halides is 1. The fraction of sp³-hybridized carbons (Fsp3) is 0.750. The van der Waals surface area contributed by atoms with Crippen molar-refractivity contribution in [2.45, 2.75) is 31.3 Å². The Bertz CT molecular complexity index is 310. The highest BCUT2D eigenvalue weighted by Gasteiger charge is 2.30. The molecule has 5 heteroatoms. The van der Waals surface area contributed by atoms with Crippen molar-refractivity contribution >= 4 is 11.6 Å². The second kappa shape index (κ2) is 6.38. The molecule has 1 fully saturated rings. The summed E-state index contributed by atoms with van der Waals surface area (Å²) in [6, 6.07) is 0. The quantitative estimate of drug-likeness (QED) is 0.622. The maximum Gasteiger partial charge on any atom is 0.0945 e. The van der Waals surface area contributed by atoms with Crippen LogP contribution in [0.2, 0.25) is 0 Å². The Hall–Kier alpha value is -0.580. The normalized spacial score (nSPS) is 19.4. The molecule has 1 aliphatic rings. The van der Waals surface area contributed by atoms with Gasteiger partial charge >= 0.3 is 0 Å². The molecule has 1 N–H and O–H groups in total. The first-order valence-corrected chi connectivity index (χ1v) is 6.73. The molecule has 0 spiro atoms. The van der Waals surface area contributed by atoms with E-state index < -0.39 is 0 Å². The standard InChI is InChI=1S/C12H20ClN3O/c13-10-12(2-8-17-9-3-12)15-4-1-6-16-7-5-14-11-16/h5,7,11,15H,1-4,6,8-10H2. The fourth-order valence-corrected chi connectivity index (χ4v) is 2.52. The lowest BCUT2D eigenvalue weighted by atomic mass is 9.92. The molecule has 0 bridgehead atoms. The largest absolute Gasteiger partial charge is 0.381 e. The minimum absolute atomic E-state index is 0.0920. The smallest absolute Gasteiger partial charge is 0.0945 e. The number of ether oxygens (including phenoxy) is 1. The van der Waals surface area contributed by atoms with Gasteiger partial charge in [0.25, 0.3) is 0 Å². The number of halogens is 1. The Labute approximate surface area is 107 Å². The van der Waals surface area contributed by atoms with E-state index in [1.165, 1.54) is 0 Å². The molecule has 17 heavy (non-hydrogen) atoms. The minimum atomic E-state index is 0.0920. The number of nitrogens with one attached hydrogen (secondary N) is 1. The molecule has 1 aromatic rings.